The monoisotopic (exact) mass is 443 g/mol. The molecule has 160 valence electrons. The minimum Gasteiger partial charge on any atom is -0.493 e. The molecule has 0 spiro atoms. The average Bonchev–Trinajstić information content (AvgIpc) is 2.82. The molecule has 0 saturated carbocycles. The Hall–Kier alpha value is -3.42. The maximum atomic E-state index is 15.5. The van der Waals surface area contributed by atoms with Gasteiger partial charge in [0, 0.05) is 5.56 Å². The molecule has 0 saturated heterocycles. The van der Waals surface area contributed by atoms with E-state index in [4.69, 9.17) is 19.5 Å². The lowest BCUT2D eigenvalue weighted by Gasteiger charge is -2.22. The molecule has 0 radical (unpaired) electrons. The van der Waals surface area contributed by atoms with E-state index in [1.54, 1.807) is 30.5 Å². The first-order valence-electron chi connectivity index (χ1n) is 8.92. The molecule has 2 aromatic carbocycles. The summed E-state index contributed by atoms with van der Waals surface area (Å²) < 4.78 is 36.2. The Labute approximate surface area is 182 Å². The van der Waals surface area contributed by atoms with E-state index in [9.17, 15) is 4.79 Å². The van der Waals surface area contributed by atoms with Crippen LogP contribution in [0.5, 0.6) is 11.5 Å². The maximum absolute atomic E-state index is 15.5. The molecular weight excluding hydrogens is 425 g/mol. The third-order valence-electron chi connectivity index (χ3n) is 4.28. The molecule has 2 aromatic rings. The van der Waals surface area contributed by atoms with Crippen molar-refractivity contribution < 1.29 is 28.1 Å². The van der Waals surface area contributed by atoms with Crippen molar-refractivity contribution in [3.8, 4) is 17.6 Å². The van der Waals surface area contributed by atoms with E-state index in [-0.39, 0.29) is 41.0 Å². The van der Waals surface area contributed by atoms with Gasteiger partial charge in [0.15, 0.2) is 18.3 Å². The van der Waals surface area contributed by atoms with Gasteiger partial charge in [0.2, 0.25) is 0 Å². The second kappa shape index (κ2) is 10.1. The summed E-state index contributed by atoms with van der Waals surface area (Å²) in [6.45, 7) is -0.0353. The second-order valence-corrected chi connectivity index (χ2v) is 6.86. The summed E-state index contributed by atoms with van der Waals surface area (Å²) in [5.74, 6) is -0.0846. The Balaban J connectivity index is 2.25. The van der Waals surface area contributed by atoms with Gasteiger partial charge in [0.25, 0.3) is 0 Å². The Morgan fingerprint density at radius 1 is 1.29 bits per heavy atom. The number of aliphatic imine (C=N–C) groups is 2. The number of rotatable bonds is 4. The van der Waals surface area contributed by atoms with Gasteiger partial charge < -0.3 is 18.9 Å². The summed E-state index contributed by atoms with van der Waals surface area (Å²) in [4.78, 5) is 20.2. The molecule has 0 N–H and O–H groups in total. The predicted octanol–water partition coefficient (Wildman–Crippen LogP) is 4.22. The highest BCUT2D eigenvalue weighted by Crippen LogP contribution is 2.38. The van der Waals surface area contributed by atoms with Gasteiger partial charge in [-0.05, 0) is 36.6 Å². The number of carbonyl (C=O) groups excluding carboxylic acids is 1. The minimum absolute atomic E-state index is 0.0156. The number of methoxy groups -OCH3 is 2. The smallest absolute Gasteiger partial charge is 0.434 e. The highest BCUT2D eigenvalue weighted by molar-refractivity contribution is 8.15. The molecule has 0 bridgehead atoms. The second-order valence-electron chi connectivity index (χ2n) is 6.07. The van der Waals surface area contributed by atoms with Crippen molar-refractivity contribution in [1.82, 2.24) is 0 Å². The van der Waals surface area contributed by atoms with Crippen molar-refractivity contribution in [2.45, 2.75) is 6.61 Å². The summed E-state index contributed by atoms with van der Waals surface area (Å²) in [5, 5.41) is 9.13. The van der Waals surface area contributed by atoms with Crippen LogP contribution < -0.4 is 9.47 Å². The van der Waals surface area contributed by atoms with Crippen LogP contribution in [-0.4, -0.2) is 44.1 Å². The number of halogens is 1. The summed E-state index contributed by atoms with van der Waals surface area (Å²) >= 11 is 1.10. The van der Waals surface area contributed by atoms with E-state index in [0.29, 0.717) is 17.0 Å². The van der Waals surface area contributed by atoms with Gasteiger partial charge in [-0.3, -0.25) is 0 Å². The quantitative estimate of drug-likeness (QED) is 0.515. The van der Waals surface area contributed by atoms with E-state index in [1.807, 2.05) is 6.07 Å². The molecule has 31 heavy (non-hydrogen) atoms. The number of nitriles is 1. The highest BCUT2D eigenvalue weighted by Gasteiger charge is 2.27. The number of hydrogen-bond donors (Lipinski definition) is 0. The van der Waals surface area contributed by atoms with Gasteiger partial charge in [-0.25, -0.2) is 14.2 Å². The Bertz CT molecular complexity index is 1090. The normalized spacial score (nSPS) is 13.6. The van der Waals surface area contributed by atoms with Gasteiger partial charge in [-0.15, -0.1) is 11.8 Å². The van der Waals surface area contributed by atoms with E-state index in [2.05, 4.69) is 14.7 Å². The van der Waals surface area contributed by atoms with Crippen LogP contribution in [0.2, 0.25) is 0 Å². The van der Waals surface area contributed by atoms with Crippen LogP contribution in [0.15, 0.2) is 40.3 Å². The molecule has 0 unspecified atom stereocenters. The largest absolute Gasteiger partial charge is 0.493 e. The zero-order chi connectivity index (χ0) is 22.4. The molecule has 0 aliphatic carbocycles. The summed E-state index contributed by atoms with van der Waals surface area (Å²) in [5.41, 5.74) is 1.19. The first-order chi connectivity index (χ1) is 15.0. The molecule has 0 fully saturated rings. The van der Waals surface area contributed by atoms with Crippen molar-refractivity contribution >= 4 is 34.3 Å². The number of fused-ring (bicyclic) bond motifs is 1. The Morgan fingerprint density at radius 2 is 2.03 bits per heavy atom. The third kappa shape index (κ3) is 4.84. The highest BCUT2D eigenvalue weighted by atomic mass is 32.2. The number of amides is 1. The van der Waals surface area contributed by atoms with E-state index in [1.165, 1.54) is 20.3 Å². The van der Waals surface area contributed by atoms with E-state index in [0.717, 1.165) is 11.8 Å². The zero-order valence-electron chi connectivity index (χ0n) is 17.0. The number of hydrogen-bond acceptors (Lipinski definition) is 8. The lowest BCUT2D eigenvalue weighted by Crippen LogP contribution is -2.20. The standard InChI is InChI=1S/C21H18FN3O5S/c1-27-16-8-14(17(22)15-10-29-11-30-19(15)16)18(20(31-3)25-21(26)28-2)24-13-6-4-12(9-23)5-7-13/h4-8H,10-11H2,1-3H3/b24-18?,25-20-. The molecule has 8 nitrogen and oxygen atoms in total. The van der Waals surface area contributed by atoms with Crippen LogP contribution in [0, 0.1) is 17.1 Å². The predicted molar refractivity (Wildman–Crippen MR) is 114 cm³/mol. The van der Waals surface area contributed by atoms with Gasteiger partial charge in [0.05, 0.1) is 43.7 Å². The van der Waals surface area contributed by atoms with Crippen molar-refractivity contribution in [3.63, 3.8) is 0 Å². The van der Waals surface area contributed by atoms with Crippen LogP contribution in [0.4, 0.5) is 14.9 Å². The van der Waals surface area contributed by atoms with E-state index < -0.39 is 11.9 Å². The molecule has 0 aromatic heterocycles. The number of ether oxygens (including phenoxy) is 4. The van der Waals surface area contributed by atoms with Crippen molar-refractivity contribution in [2.75, 3.05) is 27.3 Å². The first-order valence-corrected chi connectivity index (χ1v) is 10.1. The van der Waals surface area contributed by atoms with Crippen LogP contribution in [0.25, 0.3) is 0 Å². The van der Waals surface area contributed by atoms with Gasteiger partial charge in [0.1, 0.15) is 16.6 Å². The minimum atomic E-state index is -0.853. The number of thioether (sulfide) groups is 1. The number of nitrogens with zero attached hydrogens (tertiary/aromatic N) is 3. The fraction of sp³-hybridized carbons (Fsp3) is 0.238. The summed E-state index contributed by atoms with van der Waals surface area (Å²) in [7, 11) is 2.63. The first kappa shape index (κ1) is 22.3. The number of benzene rings is 2. The average molecular weight is 443 g/mol. The van der Waals surface area contributed by atoms with Gasteiger partial charge >= 0.3 is 6.09 Å². The lowest BCUT2D eigenvalue weighted by atomic mass is 10.0. The van der Waals surface area contributed by atoms with Crippen LogP contribution in [-0.2, 0) is 16.1 Å². The molecule has 1 aliphatic heterocycles. The van der Waals surface area contributed by atoms with Gasteiger partial charge in [-0.2, -0.15) is 10.3 Å². The van der Waals surface area contributed by atoms with Crippen molar-refractivity contribution in [2.24, 2.45) is 9.98 Å². The fourth-order valence-corrected chi connectivity index (χ4v) is 3.33. The molecule has 1 aliphatic rings. The summed E-state index contributed by atoms with van der Waals surface area (Å²) in [6, 6.07) is 9.83. The molecule has 10 heteroatoms. The van der Waals surface area contributed by atoms with Crippen molar-refractivity contribution in [1.29, 1.82) is 5.26 Å². The lowest BCUT2D eigenvalue weighted by molar-refractivity contribution is -0.0199. The zero-order valence-corrected chi connectivity index (χ0v) is 17.8. The third-order valence-corrected chi connectivity index (χ3v) is 4.95. The maximum Gasteiger partial charge on any atom is 0.434 e. The topological polar surface area (TPSA) is 103 Å². The SMILES string of the molecule is COC(=O)/N=C(\SC)C(=Nc1ccc(C#N)cc1)c1cc(OC)c2c(c1F)COCO2. The Morgan fingerprint density at radius 3 is 2.65 bits per heavy atom. The molecule has 1 amide bonds. The van der Waals surface area contributed by atoms with Gasteiger partial charge in [-0.1, -0.05) is 0 Å². The van der Waals surface area contributed by atoms with Crippen LogP contribution in [0.1, 0.15) is 16.7 Å². The number of carbonyl (C=O) groups is 1. The van der Waals surface area contributed by atoms with Crippen molar-refractivity contribution in [3.05, 3.63) is 52.8 Å². The van der Waals surface area contributed by atoms with E-state index >= 15 is 4.39 Å². The Kier molecular flexibility index (Phi) is 7.23. The molecule has 0 atom stereocenters. The van der Waals surface area contributed by atoms with Crippen LogP contribution >= 0.6 is 11.8 Å². The summed E-state index contributed by atoms with van der Waals surface area (Å²) in [6.07, 6.45) is 0.824. The molecule has 1 heterocycles. The molecular formula is C21H18FN3O5S. The fourth-order valence-electron chi connectivity index (χ4n) is 2.81. The van der Waals surface area contributed by atoms with Crippen LogP contribution in [0.3, 0.4) is 0 Å². The molecule has 3 rings (SSSR count).